The standard InChI is InChI=1S/C24H28N4O3/c1-30-22-13-19(14-23(15-22)31-2)4-3-18-9-11-27(12-10-18)24(29)20-5-7-21(8-6-20)28-17-25-16-26-28/h5-8,13-18H,3-4,9-12H2,1-2H3. The maximum atomic E-state index is 12.9. The van der Waals surface area contributed by atoms with Gasteiger partial charge in [-0.1, -0.05) is 0 Å². The summed E-state index contributed by atoms with van der Waals surface area (Å²) in [6.07, 6.45) is 7.28. The lowest BCUT2D eigenvalue weighted by Crippen LogP contribution is -2.38. The first-order valence-electron chi connectivity index (χ1n) is 10.6. The Bertz CT molecular complexity index is 972. The van der Waals surface area contributed by atoms with Crippen molar-refractivity contribution in [1.82, 2.24) is 19.7 Å². The summed E-state index contributed by atoms with van der Waals surface area (Å²) in [5.41, 5.74) is 2.83. The summed E-state index contributed by atoms with van der Waals surface area (Å²) >= 11 is 0. The number of carbonyl (C=O) groups is 1. The minimum atomic E-state index is 0.0983. The predicted octanol–water partition coefficient (Wildman–Crippen LogP) is 3.77. The molecule has 1 aliphatic heterocycles. The van der Waals surface area contributed by atoms with Gasteiger partial charge in [-0.05, 0) is 73.6 Å². The smallest absolute Gasteiger partial charge is 0.253 e. The monoisotopic (exact) mass is 420 g/mol. The molecule has 1 saturated heterocycles. The second-order valence-corrected chi connectivity index (χ2v) is 7.88. The van der Waals surface area contributed by atoms with Gasteiger partial charge in [-0.25, -0.2) is 9.67 Å². The Kier molecular flexibility index (Phi) is 6.50. The van der Waals surface area contributed by atoms with E-state index in [0.717, 1.165) is 56.0 Å². The van der Waals surface area contributed by atoms with Crippen molar-refractivity contribution in [2.75, 3.05) is 27.3 Å². The Morgan fingerprint density at radius 3 is 2.29 bits per heavy atom. The van der Waals surface area contributed by atoms with Crippen LogP contribution in [0, 0.1) is 5.92 Å². The number of amides is 1. The first-order chi connectivity index (χ1) is 15.2. The first-order valence-corrected chi connectivity index (χ1v) is 10.6. The fourth-order valence-corrected chi connectivity index (χ4v) is 4.09. The van der Waals surface area contributed by atoms with Gasteiger partial charge in [-0.15, -0.1) is 0 Å². The number of ether oxygens (including phenoxy) is 2. The molecule has 1 aromatic heterocycles. The molecule has 1 amide bonds. The predicted molar refractivity (Wildman–Crippen MR) is 118 cm³/mol. The first kappa shape index (κ1) is 20.9. The average Bonchev–Trinajstić information content (AvgIpc) is 3.37. The van der Waals surface area contributed by atoms with E-state index in [4.69, 9.17) is 9.47 Å². The molecule has 0 radical (unpaired) electrons. The minimum Gasteiger partial charge on any atom is -0.497 e. The van der Waals surface area contributed by atoms with Gasteiger partial charge in [0.05, 0.1) is 19.9 Å². The second-order valence-electron chi connectivity index (χ2n) is 7.88. The van der Waals surface area contributed by atoms with Crippen LogP contribution in [0.15, 0.2) is 55.1 Å². The van der Waals surface area contributed by atoms with E-state index in [1.54, 1.807) is 25.2 Å². The van der Waals surface area contributed by atoms with Crippen LogP contribution in [0.5, 0.6) is 11.5 Å². The van der Waals surface area contributed by atoms with Crippen molar-refractivity contribution in [3.05, 3.63) is 66.2 Å². The maximum Gasteiger partial charge on any atom is 0.253 e. The van der Waals surface area contributed by atoms with Gasteiger partial charge in [0.15, 0.2) is 0 Å². The number of carbonyl (C=O) groups excluding carboxylic acids is 1. The third-order valence-electron chi connectivity index (χ3n) is 5.95. The van der Waals surface area contributed by atoms with Gasteiger partial charge in [0, 0.05) is 24.7 Å². The van der Waals surface area contributed by atoms with E-state index in [1.165, 1.54) is 11.9 Å². The Morgan fingerprint density at radius 1 is 1.03 bits per heavy atom. The molecule has 2 aromatic carbocycles. The van der Waals surface area contributed by atoms with Crippen molar-refractivity contribution < 1.29 is 14.3 Å². The molecule has 1 fully saturated rings. The van der Waals surface area contributed by atoms with Crippen molar-refractivity contribution >= 4 is 5.91 Å². The van der Waals surface area contributed by atoms with Crippen LogP contribution in [0.25, 0.3) is 5.69 Å². The molecule has 0 unspecified atom stereocenters. The lowest BCUT2D eigenvalue weighted by atomic mass is 9.90. The highest BCUT2D eigenvalue weighted by atomic mass is 16.5. The van der Waals surface area contributed by atoms with Gasteiger partial charge in [-0.2, -0.15) is 5.10 Å². The number of hydrogen-bond acceptors (Lipinski definition) is 5. The molecule has 0 spiro atoms. The number of likely N-dealkylation sites (tertiary alicyclic amines) is 1. The zero-order valence-electron chi connectivity index (χ0n) is 18.0. The lowest BCUT2D eigenvalue weighted by Gasteiger charge is -2.32. The topological polar surface area (TPSA) is 69.5 Å². The third-order valence-corrected chi connectivity index (χ3v) is 5.95. The Labute approximate surface area is 182 Å². The molecule has 1 aliphatic rings. The van der Waals surface area contributed by atoms with Gasteiger partial charge < -0.3 is 14.4 Å². The number of benzene rings is 2. The fourth-order valence-electron chi connectivity index (χ4n) is 4.09. The highest BCUT2D eigenvalue weighted by Crippen LogP contribution is 2.27. The van der Waals surface area contributed by atoms with E-state index in [-0.39, 0.29) is 5.91 Å². The van der Waals surface area contributed by atoms with Crippen molar-refractivity contribution in [2.45, 2.75) is 25.7 Å². The van der Waals surface area contributed by atoms with Crippen molar-refractivity contribution in [3.63, 3.8) is 0 Å². The van der Waals surface area contributed by atoms with Crippen LogP contribution in [0.1, 0.15) is 35.2 Å². The quantitative estimate of drug-likeness (QED) is 0.582. The van der Waals surface area contributed by atoms with E-state index < -0.39 is 0 Å². The number of aryl methyl sites for hydroxylation is 1. The van der Waals surface area contributed by atoms with Gasteiger partial charge in [-0.3, -0.25) is 4.79 Å². The average molecular weight is 421 g/mol. The molecular formula is C24H28N4O3. The maximum absolute atomic E-state index is 12.9. The van der Waals surface area contributed by atoms with Crippen LogP contribution in [-0.2, 0) is 6.42 Å². The highest BCUT2D eigenvalue weighted by molar-refractivity contribution is 5.94. The summed E-state index contributed by atoms with van der Waals surface area (Å²) in [5, 5.41) is 4.11. The Hall–Kier alpha value is -3.35. The molecule has 4 rings (SSSR count). The number of aromatic nitrogens is 3. The Morgan fingerprint density at radius 2 is 1.71 bits per heavy atom. The molecule has 3 aromatic rings. The molecule has 0 bridgehead atoms. The van der Waals surface area contributed by atoms with E-state index in [2.05, 4.69) is 22.2 Å². The number of rotatable bonds is 7. The van der Waals surface area contributed by atoms with Crippen LogP contribution in [0.4, 0.5) is 0 Å². The summed E-state index contributed by atoms with van der Waals surface area (Å²) < 4.78 is 12.4. The van der Waals surface area contributed by atoms with E-state index in [1.807, 2.05) is 35.2 Å². The minimum absolute atomic E-state index is 0.0983. The molecule has 7 heteroatoms. The largest absolute Gasteiger partial charge is 0.497 e. The molecule has 0 atom stereocenters. The summed E-state index contributed by atoms with van der Waals surface area (Å²) in [4.78, 5) is 18.8. The van der Waals surface area contributed by atoms with Crippen LogP contribution < -0.4 is 9.47 Å². The Balaban J connectivity index is 1.29. The van der Waals surface area contributed by atoms with Crippen LogP contribution in [0.3, 0.4) is 0 Å². The SMILES string of the molecule is COc1cc(CCC2CCN(C(=O)c3ccc(-n4cncn4)cc3)CC2)cc(OC)c1. The van der Waals surface area contributed by atoms with Crippen LogP contribution in [0.2, 0.25) is 0 Å². The molecule has 2 heterocycles. The zero-order chi connectivity index (χ0) is 21.6. The van der Waals surface area contributed by atoms with Crippen molar-refractivity contribution in [1.29, 1.82) is 0 Å². The third kappa shape index (κ3) is 5.05. The molecule has 162 valence electrons. The number of methoxy groups -OCH3 is 2. The zero-order valence-corrected chi connectivity index (χ0v) is 18.0. The number of piperidine rings is 1. The second kappa shape index (κ2) is 9.64. The highest BCUT2D eigenvalue weighted by Gasteiger charge is 2.23. The van der Waals surface area contributed by atoms with Gasteiger partial charge in [0.2, 0.25) is 0 Å². The molecule has 31 heavy (non-hydrogen) atoms. The number of hydrogen-bond donors (Lipinski definition) is 0. The summed E-state index contributed by atoms with van der Waals surface area (Å²) in [6, 6.07) is 13.6. The van der Waals surface area contributed by atoms with Gasteiger partial charge >= 0.3 is 0 Å². The summed E-state index contributed by atoms with van der Waals surface area (Å²) in [7, 11) is 3.35. The normalized spacial score (nSPS) is 14.5. The molecule has 0 N–H and O–H groups in total. The van der Waals surface area contributed by atoms with E-state index in [9.17, 15) is 4.79 Å². The van der Waals surface area contributed by atoms with E-state index in [0.29, 0.717) is 11.5 Å². The lowest BCUT2D eigenvalue weighted by molar-refractivity contribution is 0.0687. The fraction of sp³-hybridized carbons (Fsp3) is 0.375. The van der Waals surface area contributed by atoms with Gasteiger partial charge in [0.1, 0.15) is 24.2 Å². The van der Waals surface area contributed by atoms with E-state index >= 15 is 0 Å². The summed E-state index contributed by atoms with van der Waals surface area (Å²) in [5.74, 6) is 2.37. The molecular weight excluding hydrogens is 392 g/mol. The molecule has 0 saturated carbocycles. The summed E-state index contributed by atoms with van der Waals surface area (Å²) in [6.45, 7) is 1.60. The van der Waals surface area contributed by atoms with Crippen molar-refractivity contribution in [2.24, 2.45) is 5.92 Å². The van der Waals surface area contributed by atoms with Gasteiger partial charge in [0.25, 0.3) is 5.91 Å². The van der Waals surface area contributed by atoms with Crippen molar-refractivity contribution in [3.8, 4) is 17.2 Å². The van der Waals surface area contributed by atoms with Crippen LogP contribution >= 0.6 is 0 Å². The molecule has 0 aliphatic carbocycles. The van der Waals surface area contributed by atoms with Crippen LogP contribution in [-0.4, -0.2) is 52.9 Å². The molecule has 7 nitrogen and oxygen atoms in total. The number of nitrogens with zero attached hydrogens (tertiary/aromatic N) is 4.